The standard InChI is InChI=1S/CHNO5.CH3O3.2CO2.CH4.HNO3/c3-1(4)6-7-2-5;2-1(3)4;2*2-1-3;;2-1-4-3/h(H,3,4);1-3H;;;1H4;3H/q;-1;;;;/p-2. The van der Waals surface area contributed by atoms with Gasteiger partial charge in [-0.25, -0.2) is 0 Å². The van der Waals surface area contributed by atoms with E-state index in [4.69, 9.17) is 59.5 Å². The monoisotopic (exact) mass is 335 g/mol. The molecule has 0 atom stereocenters. The van der Waals surface area contributed by atoms with Crippen molar-refractivity contribution >= 4 is 18.5 Å². The highest BCUT2D eigenvalue weighted by atomic mass is 17.3. The van der Waals surface area contributed by atoms with Gasteiger partial charge in [0.2, 0.25) is 0 Å². The third-order valence-corrected chi connectivity index (χ3v) is 0.166. The van der Waals surface area contributed by atoms with E-state index >= 15 is 0 Å². The number of nitrogens with zero attached hydrogens (tertiary/aromatic N) is 2. The lowest BCUT2D eigenvalue weighted by molar-refractivity contribution is -0.692. The van der Waals surface area contributed by atoms with Gasteiger partial charge >= 0.3 is 12.3 Å². The van der Waals surface area contributed by atoms with Crippen molar-refractivity contribution in [2.45, 2.75) is 13.9 Å². The van der Waals surface area contributed by atoms with Gasteiger partial charge in [0.05, 0.1) is 6.48 Å². The molecule has 0 aromatic rings. The molecule has 22 heavy (non-hydrogen) atoms. The van der Waals surface area contributed by atoms with Crippen LogP contribution in [-0.4, -0.2) is 35.1 Å². The lowest BCUT2D eigenvalue weighted by Crippen LogP contribution is -2.22. The highest BCUT2D eigenvalue weighted by molar-refractivity contribution is 5.52. The molecule has 0 aromatic carbocycles. The molecule has 0 aliphatic carbocycles. The van der Waals surface area contributed by atoms with Crippen LogP contribution >= 0.6 is 0 Å². The number of carboxylic acid groups (broad SMARTS) is 1. The van der Waals surface area contributed by atoms with E-state index in [0.717, 1.165) is 0 Å². The van der Waals surface area contributed by atoms with Gasteiger partial charge in [0.1, 0.15) is 5.34 Å². The van der Waals surface area contributed by atoms with Crippen LogP contribution in [0.15, 0.2) is 10.7 Å². The van der Waals surface area contributed by atoms with Crippen LogP contribution < -0.4 is 15.5 Å². The van der Waals surface area contributed by atoms with Crippen molar-refractivity contribution in [2.24, 2.45) is 10.7 Å². The summed E-state index contributed by atoms with van der Waals surface area (Å²) in [4.78, 5) is 67.2. The summed E-state index contributed by atoms with van der Waals surface area (Å²) in [6, 6.07) is 0. The Morgan fingerprint density at radius 3 is 1.32 bits per heavy atom. The molecule has 0 heterocycles. The number of aliphatic hydroxyl groups is 2. The quantitative estimate of drug-likeness (QED) is 0.211. The van der Waals surface area contributed by atoms with Gasteiger partial charge in [0, 0.05) is 0 Å². The largest absolute Gasteiger partial charge is 0.810 e. The van der Waals surface area contributed by atoms with Crippen molar-refractivity contribution in [3.63, 3.8) is 0 Å². The van der Waals surface area contributed by atoms with E-state index in [1.807, 2.05) is 0 Å². The lowest BCUT2D eigenvalue weighted by Gasteiger charge is -2.00. The summed E-state index contributed by atoms with van der Waals surface area (Å²) < 4.78 is 0. The summed E-state index contributed by atoms with van der Waals surface area (Å²) in [5.74, 6) is 0. The molecule has 17 nitrogen and oxygen atoms in total. The van der Waals surface area contributed by atoms with E-state index in [1.54, 1.807) is 5.34 Å². The highest BCUT2D eigenvalue weighted by Gasteiger charge is 1.77. The first-order valence-electron chi connectivity index (χ1n) is 3.24. The van der Waals surface area contributed by atoms with Crippen molar-refractivity contribution in [2.75, 3.05) is 0 Å². The average molecular weight is 335 g/mol. The Kier molecular flexibility index (Phi) is 86.7. The fraction of sp³-hybridized carbons (Fsp3) is 0.400. The molecule has 0 unspecified atom stereocenters. The molecule has 0 radical (unpaired) electrons. The zero-order valence-corrected chi connectivity index (χ0v) is 9.17. The van der Waals surface area contributed by atoms with Crippen LogP contribution in [0.1, 0.15) is 7.43 Å². The maximum Gasteiger partial charge on any atom is 0.373 e. The molecule has 0 fully saturated rings. The minimum atomic E-state index is -2.42. The minimum absolute atomic E-state index is 0. The van der Waals surface area contributed by atoms with Crippen molar-refractivity contribution in [1.29, 1.82) is 0 Å². The molecule has 0 saturated carbocycles. The second-order valence-electron chi connectivity index (χ2n) is 1.12. The molecule has 0 spiro atoms. The van der Waals surface area contributed by atoms with Crippen LogP contribution in [0.4, 0.5) is 4.79 Å². The molecule has 0 rings (SSSR count). The molecule has 2 N–H and O–H groups in total. The summed E-state index contributed by atoms with van der Waals surface area (Å²) >= 11 is 0. The number of carbonyl (C=O) groups excluding carboxylic acids is 5. The Morgan fingerprint density at radius 1 is 1.05 bits per heavy atom. The van der Waals surface area contributed by atoms with Crippen molar-refractivity contribution in [1.82, 2.24) is 0 Å². The molecule has 0 aliphatic rings. The first kappa shape index (κ1) is 36.3. The first-order chi connectivity index (χ1) is 9.74. The van der Waals surface area contributed by atoms with E-state index in [2.05, 4.69) is 14.9 Å². The van der Waals surface area contributed by atoms with Gasteiger partial charge in [0.25, 0.3) is 6.16 Å². The predicted molar refractivity (Wildman–Crippen MR) is 45.2 cm³/mol. The fourth-order valence-electron chi connectivity index (χ4n) is 0.0456. The number of hydrogen-bond acceptors (Lipinski definition) is 17. The van der Waals surface area contributed by atoms with Gasteiger partial charge in [0.15, 0.2) is 5.34 Å². The van der Waals surface area contributed by atoms with Gasteiger partial charge in [-0.05, 0) is 0 Å². The van der Waals surface area contributed by atoms with Gasteiger partial charge in [-0.15, -0.1) is 9.81 Å². The molecule has 0 aromatic heterocycles. The highest BCUT2D eigenvalue weighted by Crippen LogP contribution is 1.73. The predicted octanol–water partition coefficient (Wildman–Crippen LogP) is -5.00. The van der Waals surface area contributed by atoms with E-state index in [-0.39, 0.29) is 19.7 Å². The van der Waals surface area contributed by atoms with E-state index in [0.29, 0.717) is 0 Å². The molecular formula is C5H7N2O15-3. The minimum Gasteiger partial charge on any atom is -0.810 e. The molecule has 130 valence electrons. The molecule has 0 aliphatic heterocycles. The van der Waals surface area contributed by atoms with E-state index in [9.17, 15) is 0 Å². The van der Waals surface area contributed by atoms with Crippen molar-refractivity contribution in [3.05, 3.63) is 9.81 Å². The Labute approximate surface area is 119 Å². The summed E-state index contributed by atoms with van der Waals surface area (Å²) in [6.45, 7) is -2.42. The van der Waals surface area contributed by atoms with Crippen LogP contribution in [0, 0.1) is 9.81 Å². The number of rotatable bonds is 3. The summed E-state index contributed by atoms with van der Waals surface area (Å²) in [5, 5.41) is 43.2. The second-order valence-corrected chi connectivity index (χ2v) is 1.12. The van der Waals surface area contributed by atoms with Crippen LogP contribution in [0.3, 0.4) is 0 Å². The third-order valence-electron chi connectivity index (χ3n) is 0.166. The van der Waals surface area contributed by atoms with Crippen LogP contribution in [0.5, 0.6) is 0 Å². The van der Waals surface area contributed by atoms with Gasteiger partial charge in [-0.3, -0.25) is 0 Å². The average Bonchev–Trinajstić information content (AvgIpc) is 2.38. The summed E-state index contributed by atoms with van der Waals surface area (Å²) in [5.41, 5.74) is 0. The maximum atomic E-state index is 9.10. The number of aliphatic hydroxyl groups excluding tert-OH is 1. The zero-order chi connectivity index (χ0) is 18.1. The Bertz CT molecular complexity index is 276. The molecule has 0 bridgehead atoms. The lowest BCUT2D eigenvalue weighted by atomic mass is 11.4. The summed E-state index contributed by atoms with van der Waals surface area (Å²) in [6.07, 6.45) is -1.46. The summed E-state index contributed by atoms with van der Waals surface area (Å²) in [7, 11) is 0. The van der Waals surface area contributed by atoms with Crippen LogP contribution in [-0.2, 0) is 34.0 Å². The van der Waals surface area contributed by atoms with Gasteiger partial charge in [-0.1, -0.05) is 7.43 Å². The third kappa shape index (κ3) is 1470. The molecular weight excluding hydrogens is 328 g/mol. The Hall–Kier alpha value is -3.33. The number of hydrogen-bond donors (Lipinski definition) is 2. The van der Waals surface area contributed by atoms with E-state index < -0.39 is 12.6 Å². The molecule has 17 heteroatoms. The Morgan fingerprint density at radius 2 is 1.27 bits per heavy atom. The molecule has 0 saturated heterocycles. The zero-order valence-electron chi connectivity index (χ0n) is 9.17. The van der Waals surface area contributed by atoms with Gasteiger partial charge in [-0.2, -0.15) is 24.2 Å². The second kappa shape index (κ2) is 52.5. The fourth-order valence-corrected chi connectivity index (χ4v) is 0.0456. The number of carbonyl (C=O) groups is 1. The Balaban J connectivity index is -0.0000000378. The first-order valence-corrected chi connectivity index (χ1v) is 3.24. The van der Waals surface area contributed by atoms with Crippen molar-refractivity contribution < 1.29 is 64.5 Å². The normalized spacial score (nSPS) is 5.50. The SMILES string of the molecule is C.O=C=O.O=C=O.O=NOOC(=O)[O-].O=NO[O-].[O-]C(O)O. The van der Waals surface area contributed by atoms with Crippen LogP contribution in [0.25, 0.3) is 0 Å². The van der Waals surface area contributed by atoms with E-state index in [1.165, 1.54) is 5.34 Å². The topological polar surface area (TPSA) is 282 Å². The maximum absolute atomic E-state index is 9.10. The molecule has 0 amide bonds. The van der Waals surface area contributed by atoms with Gasteiger partial charge < -0.3 is 40.4 Å². The van der Waals surface area contributed by atoms with Crippen molar-refractivity contribution in [3.8, 4) is 0 Å². The van der Waals surface area contributed by atoms with Crippen LogP contribution in [0.2, 0.25) is 0 Å². The smallest absolute Gasteiger partial charge is 0.373 e.